The van der Waals surface area contributed by atoms with Gasteiger partial charge in [0.05, 0.1) is 31.0 Å². The van der Waals surface area contributed by atoms with Crippen LogP contribution in [0.1, 0.15) is 27.5 Å². The van der Waals surface area contributed by atoms with Gasteiger partial charge in [0.1, 0.15) is 17.4 Å². The van der Waals surface area contributed by atoms with Gasteiger partial charge in [-0.1, -0.05) is 11.6 Å². The maximum Gasteiger partial charge on any atom is 0.251 e. The Balaban J connectivity index is 1.52. The van der Waals surface area contributed by atoms with Crippen molar-refractivity contribution in [1.29, 1.82) is 0 Å². The molecule has 2 aromatic carbocycles. The average Bonchev–Trinajstić information content (AvgIpc) is 3.48. The third-order valence-electron chi connectivity index (χ3n) is 6.66. The van der Waals surface area contributed by atoms with Gasteiger partial charge in [0.15, 0.2) is 5.65 Å². The number of halogens is 3. The molecule has 2 aromatic heterocycles. The van der Waals surface area contributed by atoms with E-state index in [9.17, 15) is 14.7 Å². The van der Waals surface area contributed by atoms with E-state index in [0.717, 1.165) is 12.1 Å². The van der Waals surface area contributed by atoms with Crippen LogP contribution in [-0.4, -0.2) is 46.5 Å². The molecule has 1 saturated heterocycles. The van der Waals surface area contributed by atoms with Crippen LogP contribution < -0.4 is 15.0 Å². The lowest BCUT2D eigenvalue weighted by Gasteiger charge is -2.19. The molecule has 2 atom stereocenters. The summed E-state index contributed by atoms with van der Waals surface area (Å²) in [5, 5.41) is 12.7. The second-order valence-electron chi connectivity index (χ2n) is 8.90. The summed E-state index contributed by atoms with van der Waals surface area (Å²) in [7, 11) is 1.30. The number of rotatable bonds is 7. The Labute approximate surface area is 221 Å². The van der Waals surface area contributed by atoms with Crippen LogP contribution in [0.5, 0.6) is 5.75 Å². The zero-order valence-electron chi connectivity index (χ0n) is 20.2. The van der Waals surface area contributed by atoms with E-state index in [-0.39, 0.29) is 31.0 Å². The summed E-state index contributed by atoms with van der Waals surface area (Å²) in [4.78, 5) is 32.3. The van der Waals surface area contributed by atoms with E-state index in [1.807, 2.05) is 0 Å². The Morgan fingerprint density at radius 3 is 2.58 bits per heavy atom. The summed E-state index contributed by atoms with van der Waals surface area (Å²) in [6, 6.07) is 11.7. The summed E-state index contributed by atoms with van der Waals surface area (Å²) in [6.45, 7) is -0.507. The van der Waals surface area contributed by atoms with Gasteiger partial charge in [0, 0.05) is 59.7 Å². The van der Waals surface area contributed by atoms with Gasteiger partial charge in [-0.05, 0) is 36.4 Å². The minimum atomic E-state index is -0.976. The summed E-state index contributed by atoms with van der Waals surface area (Å²) in [5.74, 6) is -4.47. The largest absolute Gasteiger partial charge is 0.497 e. The number of nitrogens with one attached hydrogen (secondary N) is 1. The number of imidazole rings is 1. The van der Waals surface area contributed by atoms with Crippen LogP contribution in [0.2, 0.25) is 5.02 Å². The predicted molar refractivity (Wildman–Crippen MR) is 136 cm³/mol. The first-order chi connectivity index (χ1) is 18.3. The van der Waals surface area contributed by atoms with Crippen LogP contribution in [0, 0.1) is 17.6 Å². The van der Waals surface area contributed by atoms with E-state index in [1.54, 1.807) is 53.2 Å². The number of hydrogen-bond acceptors (Lipinski definition) is 5. The van der Waals surface area contributed by atoms with Crippen LogP contribution in [-0.2, 0) is 11.4 Å². The van der Waals surface area contributed by atoms with Crippen molar-refractivity contribution in [3.8, 4) is 5.75 Å². The molecular formula is C27H23ClF2N4O4. The number of aliphatic hydroxyl groups excluding tert-OH is 1. The Morgan fingerprint density at radius 1 is 1.21 bits per heavy atom. The highest BCUT2D eigenvalue weighted by Crippen LogP contribution is 2.40. The molecule has 0 spiro atoms. The summed E-state index contributed by atoms with van der Waals surface area (Å²) in [6.07, 6.45) is 3.35. The Morgan fingerprint density at radius 2 is 1.92 bits per heavy atom. The van der Waals surface area contributed by atoms with Gasteiger partial charge in [-0.2, -0.15) is 0 Å². The number of hydrogen-bond donors (Lipinski definition) is 2. The molecule has 11 heteroatoms. The van der Waals surface area contributed by atoms with Crippen LogP contribution in [0.25, 0.3) is 5.65 Å². The molecule has 1 aliphatic heterocycles. The molecule has 0 aliphatic carbocycles. The molecule has 8 nitrogen and oxygen atoms in total. The van der Waals surface area contributed by atoms with Crippen LogP contribution >= 0.6 is 11.6 Å². The summed E-state index contributed by atoms with van der Waals surface area (Å²) in [5.41, 5.74) is 1.29. The van der Waals surface area contributed by atoms with E-state index >= 15 is 8.78 Å². The molecule has 2 N–H and O–H groups in total. The topological polar surface area (TPSA) is 96.2 Å². The van der Waals surface area contributed by atoms with Crippen LogP contribution in [0.15, 0.2) is 60.9 Å². The first kappa shape index (κ1) is 25.6. The quantitative estimate of drug-likeness (QED) is 0.370. The van der Waals surface area contributed by atoms with Crippen molar-refractivity contribution in [1.82, 2.24) is 14.7 Å². The van der Waals surface area contributed by atoms with E-state index in [4.69, 9.17) is 16.3 Å². The van der Waals surface area contributed by atoms with Crippen molar-refractivity contribution < 1.29 is 28.2 Å². The number of ether oxygens (including phenoxy) is 1. The molecule has 0 bridgehead atoms. The minimum absolute atomic E-state index is 0.0104. The molecule has 1 fully saturated rings. The fourth-order valence-corrected chi connectivity index (χ4v) is 4.93. The highest BCUT2D eigenvalue weighted by Gasteiger charge is 2.45. The number of fused-ring (bicyclic) bond motifs is 1. The number of carbonyl (C=O) groups is 2. The van der Waals surface area contributed by atoms with Gasteiger partial charge in [-0.25, -0.2) is 13.8 Å². The van der Waals surface area contributed by atoms with Crippen molar-refractivity contribution in [2.24, 2.45) is 5.92 Å². The number of aliphatic hydroxyl groups is 1. The Bertz CT molecular complexity index is 1500. The molecule has 0 saturated carbocycles. The second-order valence-corrected chi connectivity index (χ2v) is 9.33. The maximum atomic E-state index is 15.2. The van der Waals surface area contributed by atoms with E-state index < -0.39 is 35.3 Å². The number of nitrogens with zero attached hydrogens (tertiary/aromatic N) is 3. The molecule has 0 radical (unpaired) electrons. The minimum Gasteiger partial charge on any atom is -0.497 e. The van der Waals surface area contributed by atoms with Gasteiger partial charge in [-0.3, -0.25) is 9.59 Å². The lowest BCUT2D eigenvalue weighted by Crippen LogP contribution is -2.36. The third kappa shape index (κ3) is 4.68. The van der Waals surface area contributed by atoms with Crippen molar-refractivity contribution >= 4 is 34.7 Å². The van der Waals surface area contributed by atoms with Crippen molar-refractivity contribution in [3.63, 3.8) is 0 Å². The lowest BCUT2D eigenvalue weighted by atomic mass is 9.87. The zero-order valence-corrected chi connectivity index (χ0v) is 21.0. The zero-order chi connectivity index (χ0) is 27.0. The van der Waals surface area contributed by atoms with Crippen molar-refractivity contribution in [3.05, 3.63) is 94.4 Å². The number of anilines is 1. The maximum absolute atomic E-state index is 15.2. The van der Waals surface area contributed by atoms with Crippen molar-refractivity contribution in [2.45, 2.75) is 12.5 Å². The predicted octanol–water partition coefficient (Wildman–Crippen LogP) is 3.94. The molecule has 1 unspecified atom stereocenters. The number of methoxy groups -OCH3 is 1. The third-order valence-corrected chi connectivity index (χ3v) is 6.91. The summed E-state index contributed by atoms with van der Waals surface area (Å²) >= 11 is 5.90. The van der Waals surface area contributed by atoms with E-state index in [0.29, 0.717) is 27.6 Å². The van der Waals surface area contributed by atoms with Gasteiger partial charge < -0.3 is 24.5 Å². The molecular weight excluding hydrogens is 518 g/mol. The average molecular weight is 541 g/mol. The molecule has 38 heavy (non-hydrogen) atoms. The van der Waals surface area contributed by atoms with Crippen LogP contribution in [0.4, 0.5) is 14.5 Å². The Kier molecular flexibility index (Phi) is 7.00. The SMILES string of the molecule is COc1cc(F)c([C@@H]2CN(c3cccn4cc(CO)nc34)C(=O)C2CNC(=O)c2ccc(Cl)cc2)c(F)c1. The highest BCUT2D eigenvalue weighted by molar-refractivity contribution is 6.30. The molecule has 4 aromatic rings. The molecule has 2 amide bonds. The van der Waals surface area contributed by atoms with E-state index in [1.165, 1.54) is 12.0 Å². The van der Waals surface area contributed by atoms with Gasteiger partial charge in [0.2, 0.25) is 5.91 Å². The fourth-order valence-electron chi connectivity index (χ4n) is 4.80. The van der Waals surface area contributed by atoms with Crippen LogP contribution in [0.3, 0.4) is 0 Å². The number of amides is 2. The second kappa shape index (κ2) is 10.4. The Hall–Kier alpha value is -4.02. The monoisotopic (exact) mass is 540 g/mol. The fraction of sp³-hybridized carbons (Fsp3) is 0.222. The van der Waals surface area contributed by atoms with Gasteiger partial charge in [-0.15, -0.1) is 0 Å². The van der Waals surface area contributed by atoms with Crippen molar-refractivity contribution in [2.75, 3.05) is 25.1 Å². The first-order valence-corrected chi connectivity index (χ1v) is 12.1. The standard InChI is InChI=1S/C27H23ClF2N4O4/c1-38-18-9-21(29)24(22(30)10-18)20-13-34(23-3-2-8-33-12-17(14-35)32-25(23)33)27(37)19(20)11-31-26(36)15-4-6-16(28)7-5-15/h2-10,12,19-20,35H,11,13-14H2,1H3,(H,31,36)/t19?,20-/m1/s1. The summed E-state index contributed by atoms with van der Waals surface area (Å²) < 4.78 is 37.0. The first-order valence-electron chi connectivity index (χ1n) is 11.8. The number of carbonyl (C=O) groups excluding carboxylic acids is 2. The molecule has 3 heterocycles. The lowest BCUT2D eigenvalue weighted by molar-refractivity contribution is -0.120. The number of benzene rings is 2. The number of pyridine rings is 1. The highest BCUT2D eigenvalue weighted by atomic mass is 35.5. The molecule has 1 aliphatic rings. The molecule has 196 valence electrons. The smallest absolute Gasteiger partial charge is 0.251 e. The van der Waals surface area contributed by atoms with Gasteiger partial charge >= 0.3 is 0 Å². The molecule has 5 rings (SSSR count). The number of aromatic nitrogens is 2. The van der Waals surface area contributed by atoms with Gasteiger partial charge in [0.25, 0.3) is 5.91 Å². The normalized spacial score (nSPS) is 17.3. The van der Waals surface area contributed by atoms with E-state index in [2.05, 4.69) is 10.3 Å².